The number of hydrogen-bond acceptors (Lipinski definition) is 1. The molecule has 0 saturated heterocycles. The van der Waals surface area contributed by atoms with Crippen molar-refractivity contribution in [3.63, 3.8) is 0 Å². The van der Waals surface area contributed by atoms with Crippen LogP contribution in [0.25, 0.3) is 10.9 Å². The molecule has 1 aliphatic carbocycles. The molecule has 2 aromatic rings. The number of aromatic amines is 1. The minimum absolute atomic E-state index is 0.277. The van der Waals surface area contributed by atoms with Crippen LogP contribution in [0.3, 0.4) is 0 Å². The Morgan fingerprint density at radius 3 is 3.23 bits per heavy atom. The Labute approximate surface area is 76.2 Å². The highest BCUT2D eigenvalue weighted by molar-refractivity contribution is 5.82. The highest BCUT2D eigenvalue weighted by Crippen LogP contribution is 2.37. The zero-order valence-corrected chi connectivity index (χ0v) is 7.25. The molecule has 1 atom stereocenters. The number of aliphatic hydroxyl groups is 1. The summed E-state index contributed by atoms with van der Waals surface area (Å²) in [5.74, 6) is 0.377. The number of H-pyrrole nitrogens is 1. The van der Waals surface area contributed by atoms with Gasteiger partial charge in [0.25, 0.3) is 0 Å². The van der Waals surface area contributed by atoms with Gasteiger partial charge in [0, 0.05) is 17.6 Å². The van der Waals surface area contributed by atoms with Crippen molar-refractivity contribution in [2.75, 3.05) is 6.61 Å². The predicted octanol–water partition coefficient (Wildman–Crippen LogP) is 1.80. The summed E-state index contributed by atoms with van der Waals surface area (Å²) >= 11 is 0. The summed E-state index contributed by atoms with van der Waals surface area (Å²) in [7, 11) is 0. The van der Waals surface area contributed by atoms with Gasteiger partial charge in [0.15, 0.2) is 0 Å². The Kier molecular flexibility index (Phi) is 1.30. The van der Waals surface area contributed by atoms with E-state index < -0.39 is 0 Å². The van der Waals surface area contributed by atoms with E-state index in [1.165, 1.54) is 22.0 Å². The normalized spacial score (nSPS) is 19.9. The first-order chi connectivity index (χ1) is 6.38. The lowest BCUT2D eigenvalue weighted by Gasteiger charge is -2.28. The molecule has 2 heteroatoms. The second kappa shape index (κ2) is 2.36. The molecule has 0 amide bonds. The lowest BCUT2D eigenvalue weighted by molar-refractivity contribution is 0.253. The van der Waals surface area contributed by atoms with E-state index in [4.69, 9.17) is 5.11 Å². The molecule has 0 fully saturated rings. The van der Waals surface area contributed by atoms with E-state index in [2.05, 4.69) is 23.2 Å². The van der Waals surface area contributed by atoms with Crippen molar-refractivity contribution in [1.82, 2.24) is 4.98 Å². The maximum Gasteiger partial charge on any atom is 0.0503 e. The van der Waals surface area contributed by atoms with Crippen molar-refractivity contribution in [1.29, 1.82) is 0 Å². The largest absolute Gasteiger partial charge is 0.396 e. The molecule has 0 bridgehead atoms. The summed E-state index contributed by atoms with van der Waals surface area (Å²) in [6.45, 7) is 0.277. The molecule has 1 aromatic heterocycles. The molecule has 66 valence electrons. The number of benzene rings is 1. The predicted molar refractivity (Wildman–Crippen MR) is 51.8 cm³/mol. The van der Waals surface area contributed by atoms with Crippen molar-refractivity contribution in [2.24, 2.45) is 0 Å². The van der Waals surface area contributed by atoms with Gasteiger partial charge in [0.05, 0.1) is 6.61 Å². The van der Waals surface area contributed by atoms with Gasteiger partial charge in [0.2, 0.25) is 0 Å². The molecule has 2 N–H and O–H groups in total. The lowest BCUT2D eigenvalue weighted by Crippen LogP contribution is -2.19. The third kappa shape index (κ3) is 0.864. The number of hydrogen-bond donors (Lipinski definition) is 2. The van der Waals surface area contributed by atoms with Crippen LogP contribution in [-0.2, 0) is 6.42 Å². The summed E-state index contributed by atoms with van der Waals surface area (Å²) in [6.07, 6.45) is 2.99. The number of nitrogens with one attached hydrogen (secondary N) is 1. The fourth-order valence-corrected chi connectivity index (χ4v) is 2.13. The van der Waals surface area contributed by atoms with Crippen LogP contribution in [0.4, 0.5) is 0 Å². The molecule has 13 heavy (non-hydrogen) atoms. The Morgan fingerprint density at radius 2 is 2.38 bits per heavy atom. The Bertz CT molecular complexity index is 458. The quantitative estimate of drug-likeness (QED) is 0.677. The Balaban J connectivity index is 2.22. The van der Waals surface area contributed by atoms with Gasteiger partial charge in [-0.05, 0) is 41.1 Å². The van der Waals surface area contributed by atoms with Crippen LogP contribution >= 0.6 is 0 Å². The van der Waals surface area contributed by atoms with Gasteiger partial charge in [-0.25, -0.2) is 0 Å². The van der Waals surface area contributed by atoms with Crippen LogP contribution < -0.4 is 0 Å². The molecular formula is C11H11NO. The van der Waals surface area contributed by atoms with Crippen LogP contribution in [0.5, 0.6) is 0 Å². The van der Waals surface area contributed by atoms with Crippen molar-refractivity contribution >= 4 is 10.9 Å². The molecule has 0 saturated carbocycles. The van der Waals surface area contributed by atoms with E-state index in [-0.39, 0.29) is 6.61 Å². The van der Waals surface area contributed by atoms with Crippen molar-refractivity contribution in [3.8, 4) is 0 Å². The van der Waals surface area contributed by atoms with E-state index in [9.17, 15) is 0 Å². The summed E-state index contributed by atoms with van der Waals surface area (Å²) in [6, 6.07) is 6.46. The molecule has 1 heterocycles. The second-order valence-corrected chi connectivity index (χ2v) is 3.70. The zero-order chi connectivity index (χ0) is 8.84. The maximum absolute atomic E-state index is 9.05. The first-order valence-electron chi connectivity index (χ1n) is 4.59. The van der Waals surface area contributed by atoms with E-state index in [0.717, 1.165) is 6.42 Å². The smallest absolute Gasteiger partial charge is 0.0503 e. The van der Waals surface area contributed by atoms with Crippen LogP contribution in [0.1, 0.15) is 17.0 Å². The zero-order valence-electron chi connectivity index (χ0n) is 7.25. The lowest BCUT2D eigenvalue weighted by atomic mass is 9.77. The summed E-state index contributed by atoms with van der Waals surface area (Å²) < 4.78 is 0. The van der Waals surface area contributed by atoms with E-state index >= 15 is 0 Å². The minimum Gasteiger partial charge on any atom is -0.396 e. The van der Waals surface area contributed by atoms with Crippen molar-refractivity contribution in [2.45, 2.75) is 12.3 Å². The van der Waals surface area contributed by atoms with Crippen molar-refractivity contribution in [3.05, 3.63) is 35.5 Å². The molecule has 3 rings (SSSR count). The van der Waals surface area contributed by atoms with Gasteiger partial charge >= 0.3 is 0 Å². The van der Waals surface area contributed by atoms with Crippen LogP contribution in [-0.4, -0.2) is 16.7 Å². The number of aliphatic hydroxyl groups excluding tert-OH is 1. The van der Waals surface area contributed by atoms with Crippen molar-refractivity contribution < 1.29 is 5.11 Å². The molecule has 0 aliphatic heterocycles. The summed E-state index contributed by atoms with van der Waals surface area (Å²) in [5.41, 5.74) is 3.89. The van der Waals surface area contributed by atoms with Crippen LogP contribution in [0.15, 0.2) is 24.4 Å². The van der Waals surface area contributed by atoms with E-state index in [1.807, 2.05) is 6.20 Å². The topological polar surface area (TPSA) is 36.0 Å². The van der Waals surface area contributed by atoms with E-state index in [0.29, 0.717) is 5.92 Å². The minimum atomic E-state index is 0.277. The van der Waals surface area contributed by atoms with Gasteiger partial charge in [-0.3, -0.25) is 0 Å². The standard InChI is InChI=1S/C11H11NO/c13-6-9-4-8-3-7-1-2-12-11(7)5-10(8)9/h1-3,5,9,12-13H,4,6H2. The van der Waals surface area contributed by atoms with Gasteiger partial charge in [-0.1, -0.05) is 0 Å². The monoisotopic (exact) mass is 173 g/mol. The third-order valence-corrected chi connectivity index (χ3v) is 2.94. The van der Waals surface area contributed by atoms with E-state index in [1.54, 1.807) is 0 Å². The van der Waals surface area contributed by atoms with Crippen LogP contribution in [0.2, 0.25) is 0 Å². The Morgan fingerprint density at radius 1 is 1.46 bits per heavy atom. The number of aromatic nitrogens is 1. The van der Waals surface area contributed by atoms with Gasteiger partial charge in [-0.2, -0.15) is 0 Å². The molecular weight excluding hydrogens is 162 g/mol. The van der Waals surface area contributed by atoms with Gasteiger partial charge in [0.1, 0.15) is 0 Å². The average molecular weight is 173 g/mol. The molecule has 1 unspecified atom stereocenters. The number of fused-ring (bicyclic) bond motifs is 2. The Hall–Kier alpha value is -1.28. The highest BCUT2D eigenvalue weighted by Gasteiger charge is 2.25. The van der Waals surface area contributed by atoms with Gasteiger partial charge < -0.3 is 10.1 Å². The first-order valence-corrected chi connectivity index (χ1v) is 4.59. The fourth-order valence-electron chi connectivity index (χ4n) is 2.13. The first kappa shape index (κ1) is 7.15. The SMILES string of the molecule is OCC1Cc2cc3cc[nH]c3cc21. The van der Waals surface area contributed by atoms with Crippen LogP contribution in [0, 0.1) is 0 Å². The highest BCUT2D eigenvalue weighted by atomic mass is 16.3. The second-order valence-electron chi connectivity index (χ2n) is 3.70. The molecule has 2 nitrogen and oxygen atoms in total. The molecule has 1 aliphatic rings. The van der Waals surface area contributed by atoms with Gasteiger partial charge in [-0.15, -0.1) is 0 Å². The summed E-state index contributed by atoms with van der Waals surface area (Å²) in [5, 5.41) is 10.3. The third-order valence-electron chi connectivity index (χ3n) is 2.94. The molecule has 0 spiro atoms. The average Bonchev–Trinajstić information content (AvgIpc) is 2.55. The number of rotatable bonds is 1. The maximum atomic E-state index is 9.05. The summed E-state index contributed by atoms with van der Waals surface area (Å²) in [4.78, 5) is 3.18. The molecule has 0 radical (unpaired) electrons. The molecule has 1 aromatic carbocycles. The fraction of sp³-hybridized carbons (Fsp3) is 0.273.